The predicted molar refractivity (Wildman–Crippen MR) is 75.6 cm³/mol. The molecule has 0 radical (unpaired) electrons. The van der Waals surface area contributed by atoms with Gasteiger partial charge in [-0.1, -0.05) is 12.1 Å². The smallest absolute Gasteiger partial charge is 0.224 e. The van der Waals surface area contributed by atoms with Crippen LogP contribution in [-0.2, 0) is 11.3 Å². The van der Waals surface area contributed by atoms with Crippen LogP contribution in [0.2, 0.25) is 0 Å². The van der Waals surface area contributed by atoms with Crippen molar-refractivity contribution in [3.05, 3.63) is 35.6 Å². The molecule has 20 heavy (non-hydrogen) atoms. The first-order valence-corrected chi connectivity index (χ1v) is 7.49. The number of nitrogens with one attached hydrogen (secondary N) is 1. The molecular formula is C16H21FN2O. The van der Waals surface area contributed by atoms with E-state index in [1.807, 2.05) is 4.90 Å². The quantitative estimate of drug-likeness (QED) is 0.829. The summed E-state index contributed by atoms with van der Waals surface area (Å²) in [5.74, 6) is -0.0170. The minimum absolute atomic E-state index is 0.213. The van der Waals surface area contributed by atoms with E-state index < -0.39 is 0 Å². The number of benzene rings is 1. The van der Waals surface area contributed by atoms with Gasteiger partial charge in [-0.05, 0) is 43.4 Å². The normalized spacial score (nSPS) is 18.1. The first-order chi connectivity index (χ1) is 9.72. The predicted octanol–water partition coefficient (Wildman–Crippen LogP) is 2.46. The monoisotopic (exact) mass is 276 g/mol. The molecule has 3 nitrogen and oxygen atoms in total. The van der Waals surface area contributed by atoms with Crippen LogP contribution in [0.5, 0.6) is 0 Å². The van der Waals surface area contributed by atoms with Crippen LogP contribution in [0.1, 0.15) is 37.7 Å². The Hall–Kier alpha value is -1.42. The van der Waals surface area contributed by atoms with Gasteiger partial charge in [-0.2, -0.15) is 0 Å². The van der Waals surface area contributed by atoms with Crippen molar-refractivity contribution in [2.75, 3.05) is 6.54 Å². The molecule has 0 unspecified atom stereocenters. The van der Waals surface area contributed by atoms with Crippen LogP contribution in [0.3, 0.4) is 0 Å². The van der Waals surface area contributed by atoms with E-state index in [1.165, 1.54) is 25.0 Å². The van der Waals surface area contributed by atoms with Crippen LogP contribution in [0.25, 0.3) is 0 Å². The third-order valence-electron chi connectivity index (χ3n) is 3.92. The molecule has 0 spiro atoms. The summed E-state index contributed by atoms with van der Waals surface area (Å²) in [6, 6.07) is 7.49. The summed E-state index contributed by atoms with van der Waals surface area (Å²) in [6.07, 6.45) is 5.26. The lowest BCUT2D eigenvalue weighted by Crippen LogP contribution is -2.34. The van der Waals surface area contributed by atoms with Gasteiger partial charge in [-0.3, -0.25) is 4.79 Å². The maximum atomic E-state index is 12.9. The maximum absolute atomic E-state index is 12.9. The van der Waals surface area contributed by atoms with Gasteiger partial charge in [0, 0.05) is 31.6 Å². The summed E-state index contributed by atoms with van der Waals surface area (Å²) < 4.78 is 12.9. The number of halogens is 1. The van der Waals surface area contributed by atoms with Crippen molar-refractivity contribution in [3.63, 3.8) is 0 Å². The Balaban J connectivity index is 1.53. The van der Waals surface area contributed by atoms with Gasteiger partial charge in [0.2, 0.25) is 5.91 Å². The molecule has 4 heteroatoms. The van der Waals surface area contributed by atoms with Crippen LogP contribution < -0.4 is 5.32 Å². The summed E-state index contributed by atoms with van der Waals surface area (Å²) in [7, 11) is 0. The topological polar surface area (TPSA) is 32.3 Å². The Labute approximate surface area is 119 Å². The zero-order valence-electron chi connectivity index (χ0n) is 11.6. The minimum Gasteiger partial charge on any atom is -0.335 e. The number of carbonyl (C=O) groups is 1. The lowest BCUT2D eigenvalue weighted by atomic mass is 10.2. The van der Waals surface area contributed by atoms with E-state index >= 15 is 0 Å². The lowest BCUT2D eigenvalue weighted by Gasteiger charge is -2.22. The molecule has 2 saturated carbocycles. The van der Waals surface area contributed by atoms with Crippen molar-refractivity contribution in [3.8, 4) is 0 Å². The number of nitrogens with zero attached hydrogens (tertiary/aromatic N) is 1. The van der Waals surface area contributed by atoms with Gasteiger partial charge >= 0.3 is 0 Å². The average Bonchev–Trinajstić information content (AvgIpc) is 3.31. The third kappa shape index (κ3) is 3.79. The maximum Gasteiger partial charge on any atom is 0.224 e. The van der Waals surface area contributed by atoms with Crippen LogP contribution >= 0.6 is 0 Å². The number of amides is 1. The fourth-order valence-electron chi connectivity index (χ4n) is 2.41. The number of hydrogen-bond donors (Lipinski definition) is 1. The molecule has 0 saturated heterocycles. The zero-order valence-corrected chi connectivity index (χ0v) is 11.6. The lowest BCUT2D eigenvalue weighted by molar-refractivity contribution is -0.132. The summed E-state index contributed by atoms with van der Waals surface area (Å²) in [4.78, 5) is 14.3. The largest absolute Gasteiger partial charge is 0.335 e. The summed E-state index contributed by atoms with van der Waals surface area (Å²) in [5, 5.41) is 3.38. The Morgan fingerprint density at radius 1 is 1.20 bits per heavy atom. The Kier molecular flexibility index (Phi) is 4.01. The minimum atomic E-state index is -0.230. The molecule has 0 aliphatic heterocycles. The first kappa shape index (κ1) is 13.6. The first-order valence-electron chi connectivity index (χ1n) is 7.49. The summed E-state index contributed by atoms with van der Waals surface area (Å²) >= 11 is 0. The second kappa shape index (κ2) is 5.92. The number of carbonyl (C=O) groups excluding carboxylic acids is 1. The molecule has 2 fully saturated rings. The fraction of sp³-hybridized carbons (Fsp3) is 0.562. The van der Waals surface area contributed by atoms with E-state index in [1.54, 1.807) is 12.1 Å². The standard InChI is InChI=1S/C16H21FN2O/c17-13-3-1-12(2-4-13)11-19(15-7-8-15)16(20)9-10-18-14-5-6-14/h1-4,14-15,18H,5-11H2. The van der Waals surface area contributed by atoms with Crippen molar-refractivity contribution in [2.24, 2.45) is 0 Å². The third-order valence-corrected chi connectivity index (χ3v) is 3.92. The van der Waals surface area contributed by atoms with Crippen molar-refractivity contribution in [1.82, 2.24) is 10.2 Å². The van der Waals surface area contributed by atoms with E-state index in [4.69, 9.17) is 0 Å². The molecule has 0 bridgehead atoms. The van der Waals surface area contributed by atoms with E-state index in [2.05, 4.69) is 5.32 Å². The molecule has 0 atom stereocenters. The highest BCUT2D eigenvalue weighted by Gasteiger charge is 2.32. The second-order valence-electron chi connectivity index (χ2n) is 5.86. The van der Waals surface area contributed by atoms with Gasteiger partial charge in [0.1, 0.15) is 5.82 Å². The van der Waals surface area contributed by atoms with Crippen molar-refractivity contribution >= 4 is 5.91 Å². The molecule has 2 aliphatic rings. The average molecular weight is 276 g/mol. The molecule has 1 amide bonds. The molecular weight excluding hydrogens is 255 g/mol. The molecule has 3 rings (SSSR count). The summed E-state index contributed by atoms with van der Waals surface area (Å²) in [5.41, 5.74) is 1.00. The van der Waals surface area contributed by atoms with E-state index in [9.17, 15) is 9.18 Å². The molecule has 2 aliphatic carbocycles. The number of hydrogen-bond acceptors (Lipinski definition) is 2. The van der Waals surface area contributed by atoms with Gasteiger partial charge in [0.15, 0.2) is 0 Å². The van der Waals surface area contributed by atoms with Crippen molar-refractivity contribution in [2.45, 2.75) is 50.7 Å². The molecule has 1 N–H and O–H groups in total. The molecule has 108 valence electrons. The van der Waals surface area contributed by atoms with Crippen LogP contribution in [0, 0.1) is 5.82 Å². The molecule has 1 aromatic rings. The van der Waals surface area contributed by atoms with E-state index in [-0.39, 0.29) is 11.7 Å². The van der Waals surface area contributed by atoms with Gasteiger partial charge in [0.05, 0.1) is 0 Å². The summed E-state index contributed by atoms with van der Waals surface area (Å²) in [6.45, 7) is 1.38. The fourth-order valence-corrected chi connectivity index (χ4v) is 2.41. The van der Waals surface area contributed by atoms with E-state index in [0.29, 0.717) is 25.0 Å². The van der Waals surface area contributed by atoms with Crippen molar-refractivity contribution < 1.29 is 9.18 Å². The second-order valence-corrected chi connectivity index (χ2v) is 5.86. The Morgan fingerprint density at radius 3 is 2.50 bits per heavy atom. The molecule has 0 aromatic heterocycles. The van der Waals surface area contributed by atoms with E-state index in [0.717, 1.165) is 24.9 Å². The highest BCUT2D eigenvalue weighted by molar-refractivity contribution is 5.77. The van der Waals surface area contributed by atoms with Crippen LogP contribution in [-0.4, -0.2) is 29.4 Å². The van der Waals surface area contributed by atoms with Gasteiger partial charge in [0.25, 0.3) is 0 Å². The highest BCUT2D eigenvalue weighted by atomic mass is 19.1. The van der Waals surface area contributed by atoms with Gasteiger partial charge in [-0.15, -0.1) is 0 Å². The molecule has 0 heterocycles. The molecule has 1 aromatic carbocycles. The number of rotatable bonds is 7. The van der Waals surface area contributed by atoms with Crippen molar-refractivity contribution in [1.29, 1.82) is 0 Å². The van der Waals surface area contributed by atoms with Crippen LogP contribution in [0.15, 0.2) is 24.3 Å². The SMILES string of the molecule is O=C(CCNC1CC1)N(Cc1ccc(F)cc1)C1CC1. The van der Waals surface area contributed by atoms with Gasteiger partial charge in [-0.25, -0.2) is 4.39 Å². The van der Waals surface area contributed by atoms with Gasteiger partial charge < -0.3 is 10.2 Å². The Morgan fingerprint density at radius 2 is 1.90 bits per heavy atom. The zero-order chi connectivity index (χ0) is 13.9. The van der Waals surface area contributed by atoms with Crippen LogP contribution in [0.4, 0.5) is 4.39 Å². The Bertz CT molecular complexity index is 466. The highest BCUT2D eigenvalue weighted by Crippen LogP contribution is 2.29.